The fraction of sp³-hybridized carbons (Fsp3) is 0.600. The number of rotatable bonds is 6. The minimum absolute atomic E-state index is 0.0660. The summed E-state index contributed by atoms with van der Waals surface area (Å²) < 4.78 is 57.0. The van der Waals surface area contributed by atoms with Gasteiger partial charge in [-0.2, -0.15) is 4.31 Å². The Morgan fingerprint density at radius 3 is 2.48 bits per heavy atom. The topological polar surface area (TPSA) is 92.8 Å². The highest BCUT2D eigenvalue weighted by atomic mass is 35.5. The van der Waals surface area contributed by atoms with E-state index < -0.39 is 20.0 Å². The lowest BCUT2D eigenvalue weighted by atomic mass is 10.5. The summed E-state index contributed by atoms with van der Waals surface area (Å²) in [6.45, 7) is 1.14. The molecule has 1 aliphatic heterocycles. The van der Waals surface area contributed by atoms with Crippen molar-refractivity contribution in [2.45, 2.75) is 4.21 Å². The van der Waals surface area contributed by atoms with Gasteiger partial charge in [0.05, 0.1) is 23.3 Å². The summed E-state index contributed by atoms with van der Waals surface area (Å²) in [5, 5.41) is 0. The van der Waals surface area contributed by atoms with E-state index in [1.54, 1.807) is 0 Å². The maximum absolute atomic E-state index is 12.0. The van der Waals surface area contributed by atoms with Gasteiger partial charge in [-0.05, 0) is 12.1 Å². The van der Waals surface area contributed by atoms with Gasteiger partial charge in [0.25, 0.3) is 0 Å². The molecule has 11 heteroatoms. The monoisotopic (exact) mass is 374 g/mol. The molecule has 0 unspecified atom stereocenters. The molecule has 0 aliphatic carbocycles. The number of ether oxygens (including phenoxy) is 1. The first-order valence-electron chi connectivity index (χ1n) is 6.12. The van der Waals surface area contributed by atoms with E-state index in [0.29, 0.717) is 30.6 Å². The summed E-state index contributed by atoms with van der Waals surface area (Å²) in [7, 11) is -7.20. The molecule has 1 aromatic heterocycles. The third-order valence-corrected chi connectivity index (χ3v) is 7.88. The van der Waals surface area contributed by atoms with Crippen molar-refractivity contribution in [1.29, 1.82) is 0 Å². The number of halogens is 1. The minimum Gasteiger partial charge on any atom is -0.379 e. The van der Waals surface area contributed by atoms with Crippen LogP contribution in [0.2, 0.25) is 4.34 Å². The van der Waals surface area contributed by atoms with Gasteiger partial charge >= 0.3 is 0 Å². The molecule has 0 saturated carbocycles. The molecule has 0 amide bonds. The lowest BCUT2D eigenvalue weighted by molar-refractivity contribution is 0.0730. The summed E-state index contributed by atoms with van der Waals surface area (Å²) in [6, 6.07) is 2.86. The number of thiophene rings is 1. The second-order valence-electron chi connectivity index (χ2n) is 4.28. The summed E-state index contributed by atoms with van der Waals surface area (Å²) in [5.41, 5.74) is 0. The minimum atomic E-state index is -3.72. The van der Waals surface area contributed by atoms with E-state index in [1.807, 2.05) is 0 Å². The number of sulfonamides is 2. The van der Waals surface area contributed by atoms with Crippen LogP contribution in [0.3, 0.4) is 0 Å². The molecule has 1 N–H and O–H groups in total. The molecule has 1 fully saturated rings. The van der Waals surface area contributed by atoms with Crippen LogP contribution < -0.4 is 4.72 Å². The first-order chi connectivity index (χ1) is 9.81. The van der Waals surface area contributed by atoms with E-state index in [4.69, 9.17) is 16.3 Å². The molecule has 2 heterocycles. The summed E-state index contributed by atoms with van der Waals surface area (Å²) >= 11 is 6.61. The zero-order valence-corrected chi connectivity index (χ0v) is 14.2. The van der Waals surface area contributed by atoms with Crippen molar-refractivity contribution in [2.75, 3.05) is 38.6 Å². The third-order valence-electron chi connectivity index (χ3n) is 2.83. The fourth-order valence-corrected chi connectivity index (χ4v) is 5.78. The lowest BCUT2D eigenvalue weighted by Crippen LogP contribution is -2.43. The highest BCUT2D eigenvalue weighted by Gasteiger charge is 2.25. The van der Waals surface area contributed by atoms with Gasteiger partial charge in [-0.25, -0.2) is 21.6 Å². The van der Waals surface area contributed by atoms with Crippen molar-refractivity contribution in [1.82, 2.24) is 9.03 Å². The lowest BCUT2D eigenvalue weighted by Gasteiger charge is -2.25. The van der Waals surface area contributed by atoms with Crippen molar-refractivity contribution in [2.24, 2.45) is 0 Å². The molecular formula is C10H15ClN2O5S3. The van der Waals surface area contributed by atoms with Crippen LogP contribution >= 0.6 is 22.9 Å². The molecule has 7 nitrogen and oxygen atoms in total. The highest BCUT2D eigenvalue weighted by molar-refractivity contribution is 7.92. The molecule has 0 bridgehead atoms. The Bertz CT molecular complexity index is 679. The fourth-order valence-electron chi connectivity index (χ4n) is 1.77. The number of morpholine rings is 1. The van der Waals surface area contributed by atoms with E-state index >= 15 is 0 Å². The Labute approximate surface area is 133 Å². The van der Waals surface area contributed by atoms with Gasteiger partial charge < -0.3 is 4.74 Å². The number of nitrogens with zero attached hydrogens (tertiary/aromatic N) is 1. The van der Waals surface area contributed by atoms with Crippen molar-refractivity contribution >= 4 is 43.0 Å². The van der Waals surface area contributed by atoms with Crippen LogP contribution in [-0.2, 0) is 24.8 Å². The second-order valence-corrected chi connectivity index (χ2v) is 10.1. The second kappa shape index (κ2) is 6.90. The van der Waals surface area contributed by atoms with Crippen LogP contribution in [0.25, 0.3) is 0 Å². The molecule has 1 saturated heterocycles. The molecule has 1 aliphatic rings. The van der Waals surface area contributed by atoms with Crippen molar-refractivity contribution in [3.05, 3.63) is 16.5 Å². The van der Waals surface area contributed by atoms with Crippen molar-refractivity contribution < 1.29 is 21.6 Å². The van der Waals surface area contributed by atoms with Crippen LogP contribution in [0.1, 0.15) is 0 Å². The summed E-state index contributed by atoms with van der Waals surface area (Å²) in [4.78, 5) is 0. The quantitative estimate of drug-likeness (QED) is 0.775. The van der Waals surface area contributed by atoms with Gasteiger partial charge in [-0.15, -0.1) is 11.3 Å². The molecule has 2 rings (SSSR count). The number of hydrogen-bond acceptors (Lipinski definition) is 6. The molecule has 0 spiro atoms. The summed E-state index contributed by atoms with van der Waals surface area (Å²) in [6.07, 6.45) is 0. The SMILES string of the molecule is O=S(=O)(NCCS(=O)(=O)N1CCOCC1)c1ccc(Cl)s1. The van der Waals surface area contributed by atoms with E-state index in [1.165, 1.54) is 16.4 Å². The first-order valence-corrected chi connectivity index (χ1v) is 10.4. The van der Waals surface area contributed by atoms with E-state index in [0.717, 1.165) is 11.3 Å². The van der Waals surface area contributed by atoms with Gasteiger partial charge in [-0.1, -0.05) is 11.6 Å². The van der Waals surface area contributed by atoms with Crippen molar-refractivity contribution in [3.8, 4) is 0 Å². The highest BCUT2D eigenvalue weighted by Crippen LogP contribution is 2.25. The van der Waals surface area contributed by atoms with Crippen molar-refractivity contribution in [3.63, 3.8) is 0 Å². The molecule has 1 aromatic rings. The van der Waals surface area contributed by atoms with Gasteiger partial charge in [0.15, 0.2) is 0 Å². The Kier molecular flexibility index (Phi) is 5.63. The zero-order chi connectivity index (χ0) is 15.5. The van der Waals surface area contributed by atoms with E-state index in [9.17, 15) is 16.8 Å². The maximum Gasteiger partial charge on any atom is 0.250 e. The van der Waals surface area contributed by atoms with Crippen LogP contribution in [0.5, 0.6) is 0 Å². The van der Waals surface area contributed by atoms with Crippen LogP contribution in [0.15, 0.2) is 16.3 Å². The van der Waals surface area contributed by atoms with E-state index in [2.05, 4.69) is 4.72 Å². The van der Waals surface area contributed by atoms with Gasteiger partial charge in [-0.3, -0.25) is 0 Å². The van der Waals surface area contributed by atoms with E-state index in [-0.39, 0.29) is 16.5 Å². The predicted molar refractivity (Wildman–Crippen MR) is 80.7 cm³/mol. The van der Waals surface area contributed by atoms with Crippen LogP contribution in [0.4, 0.5) is 0 Å². The Morgan fingerprint density at radius 2 is 1.90 bits per heavy atom. The standard InChI is InChI=1S/C10H15ClN2O5S3/c11-9-1-2-10(19-9)21(16,17)12-3-8-20(14,15)13-4-6-18-7-5-13/h1-2,12H,3-8H2. The van der Waals surface area contributed by atoms with Crippen LogP contribution in [-0.4, -0.2) is 59.7 Å². The molecule has 0 atom stereocenters. The average Bonchev–Trinajstić information content (AvgIpc) is 2.87. The van der Waals surface area contributed by atoms with Gasteiger partial charge in [0.2, 0.25) is 20.0 Å². The Morgan fingerprint density at radius 1 is 1.24 bits per heavy atom. The largest absolute Gasteiger partial charge is 0.379 e. The molecular weight excluding hydrogens is 360 g/mol. The smallest absolute Gasteiger partial charge is 0.250 e. The Balaban J connectivity index is 1.91. The molecule has 0 aromatic carbocycles. The zero-order valence-electron chi connectivity index (χ0n) is 11.0. The Hall–Kier alpha value is -0.230. The number of nitrogens with one attached hydrogen (secondary N) is 1. The molecule has 21 heavy (non-hydrogen) atoms. The molecule has 0 radical (unpaired) electrons. The van der Waals surface area contributed by atoms with Gasteiger partial charge in [0, 0.05) is 19.6 Å². The normalized spacial score (nSPS) is 18.0. The summed E-state index contributed by atoms with van der Waals surface area (Å²) in [5.74, 6) is -0.286. The van der Waals surface area contributed by atoms with Gasteiger partial charge in [0.1, 0.15) is 4.21 Å². The maximum atomic E-state index is 12.0. The first kappa shape index (κ1) is 17.1. The molecule has 120 valence electrons. The number of hydrogen-bond donors (Lipinski definition) is 1. The third kappa shape index (κ3) is 4.62. The average molecular weight is 375 g/mol. The van der Waals surface area contributed by atoms with Crippen LogP contribution in [0, 0.1) is 0 Å². The predicted octanol–water partition coefficient (Wildman–Crippen LogP) is 0.342.